The zero-order valence-corrected chi connectivity index (χ0v) is 10.3. The molecule has 2 aromatic heterocycles. The van der Waals surface area contributed by atoms with E-state index in [0.717, 1.165) is 4.88 Å². The second-order valence-electron chi connectivity index (χ2n) is 3.57. The molecule has 5 nitrogen and oxygen atoms in total. The van der Waals surface area contributed by atoms with E-state index in [-0.39, 0.29) is 5.56 Å². The maximum Gasteiger partial charge on any atom is 0.252 e. The number of aromatic nitrogens is 2. The molecule has 0 aliphatic rings. The number of hydrogen-bond acceptors (Lipinski definition) is 5. The maximum atomic E-state index is 11.2. The average Bonchev–Trinajstić information content (AvgIpc) is 2.63. The molecule has 0 bridgehead atoms. The van der Waals surface area contributed by atoms with Gasteiger partial charge in [0.2, 0.25) is 5.95 Å². The average molecular weight is 248 g/mol. The molecule has 0 spiro atoms. The van der Waals surface area contributed by atoms with Gasteiger partial charge in [-0.15, -0.1) is 11.3 Å². The summed E-state index contributed by atoms with van der Waals surface area (Å²) in [5, 5.41) is 6.03. The lowest BCUT2D eigenvalue weighted by Crippen LogP contribution is -2.10. The van der Waals surface area contributed by atoms with E-state index in [4.69, 9.17) is 0 Å². The number of hydrazone groups is 1. The molecule has 0 aliphatic carbocycles. The zero-order valence-electron chi connectivity index (χ0n) is 9.52. The van der Waals surface area contributed by atoms with Crippen LogP contribution in [0, 0.1) is 13.8 Å². The summed E-state index contributed by atoms with van der Waals surface area (Å²) < 4.78 is 0. The van der Waals surface area contributed by atoms with Crippen molar-refractivity contribution < 1.29 is 0 Å². The van der Waals surface area contributed by atoms with Gasteiger partial charge in [0.25, 0.3) is 5.56 Å². The first kappa shape index (κ1) is 11.5. The molecule has 2 aromatic rings. The zero-order chi connectivity index (χ0) is 12.3. The highest BCUT2D eigenvalue weighted by Crippen LogP contribution is 2.12. The molecule has 0 fully saturated rings. The van der Waals surface area contributed by atoms with Gasteiger partial charge in [-0.05, 0) is 30.9 Å². The van der Waals surface area contributed by atoms with Crippen LogP contribution < -0.4 is 11.0 Å². The van der Waals surface area contributed by atoms with Crippen LogP contribution in [0.25, 0.3) is 0 Å². The van der Waals surface area contributed by atoms with E-state index in [1.54, 1.807) is 24.5 Å². The van der Waals surface area contributed by atoms with Crippen molar-refractivity contribution in [1.29, 1.82) is 0 Å². The van der Waals surface area contributed by atoms with E-state index in [1.807, 2.05) is 18.4 Å². The summed E-state index contributed by atoms with van der Waals surface area (Å²) in [6, 6.07) is 3.46. The molecule has 0 aliphatic heterocycles. The predicted molar refractivity (Wildman–Crippen MR) is 69.9 cm³/mol. The van der Waals surface area contributed by atoms with E-state index in [2.05, 4.69) is 20.5 Å². The van der Waals surface area contributed by atoms with E-state index in [1.165, 1.54) is 11.6 Å². The predicted octanol–water partition coefficient (Wildman–Crippen LogP) is 1.89. The van der Waals surface area contributed by atoms with Crippen LogP contribution in [0.4, 0.5) is 5.95 Å². The van der Waals surface area contributed by atoms with Crippen LogP contribution in [0.3, 0.4) is 0 Å². The van der Waals surface area contributed by atoms with Gasteiger partial charge in [-0.1, -0.05) is 0 Å². The van der Waals surface area contributed by atoms with Gasteiger partial charge in [-0.2, -0.15) is 5.10 Å². The molecular formula is C11H12N4OS. The van der Waals surface area contributed by atoms with Crippen molar-refractivity contribution in [1.82, 2.24) is 9.97 Å². The third-order valence-electron chi connectivity index (χ3n) is 2.12. The second-order valence-corrected chi connectivity index (χ2v) is 4.52. The molecule has 2 heterocycles. The van der Waals surface area contributed by atoms with E-state index >= 15 is 0 Å². The van der Waals surface area contributed by atoms with E-state index < -0.39 is 0 Å². The Hall–Kier alpha value is -1.95. The summed E-state index contributed by atoms with van der Waals surface area (Å²) in [5.41, 5.74) is 4.33. The highest BCUT2D eigenvalue weighted by molar-refractivity contribution is 7.11. The number of aryl methyl sites for hydroxylation is 2. The lowest BCUT2D eigenvalue weighted by Gasteiger charge is -1.99. The SMILES string of the molecule is Cc1cc(=O)[nH]c(N/N=C\c2sccc2C)n1. The topological polar surface area (TPSA) is 70.1 Å². The van der Waals surface area contributed by atoms with Gasteiger partial charge in [0.05, 0.1) is 6.21 Å². The van der Waals surface area contributed by atoms with E-state index in [0.29, 0.717) is 11.6 Å². The first-order valence-corrected chi connectivity index (χ1v) is 5.94. The van der Waals surface area contributed by atoms with E-state index in [9.17, 15) is 4.79 Å². The van der Waals surface area contributed by atoms with Crippen molar-refractivity contribution >= 4 is 23.5 Å². The normalized spacial score (nSPS) is 10.9. The molecule has 0 saturated heterocycles. The first-order chi connectivity index (χ1) is 8.15. The number of H-pyrrole nitrogens is 1. The Morgan fingerprint density at radius 1 is 1.53 bits per heavy atom. The number of aromatic amines is 1. The largest absolute Gasteiger partial charge is 0.291 e. The highest BCUT2D eigenvalue weighted by Gasteiger charge is 1.97. The Balaban J connectivity index is 2.10. The van der Waals surface area contributed by atoms with Crippen molar-refractivity contribution in [2.45, 2.75) is 13.8 Å². The van der Waals surface area contributed by atoms with Gasteiger partial charge >= 0.3 is 0 Å². The van der Waals surface area contributed by atoms with Gasteiger partial charge in [-0.25, -0.2) is 10.4 Å². The smallest absolute Gasteiger partial charge is 0.252 e. The van der Waals surface area contributed by atoms with Gasteiger partial charge in [0.15, 0.2) is 0 Å². The fourth-order valence-electron chi connectivity index (χ4n) is 1.30. The lowest BCUT2D eigenvalue weighted by atomic mass is 10.3. The molecule has 2 rings (SSSR count). The molecule has 88 valence electrons. The molecule has 0 aromatic carbocycles. The van der Waals surface area contributed by atoms with Crippen LogP contribution in [0.15, 0.2) is 27.4 Å². The Kier molecular flexibility index (Phi) is 3.34. The molecule has 0 amide bonds. The number of thiophene rings is 1. The summed E-state index contributed by atoms with van der Waals surface area (Å²) in [6.45, 7) is 3.78. The molecule has 0 unspecified atom stereocenters. The minimum atomic E-state index is -0.192. The first-order valence-electron chi connectivity index (χ1n) is 5.06. The van der Waals surface area contributed by atoms with Crippen molar-refractivity contribution in [3.63, 3.8) is 0 Å². The summed E-state index contributed by atoms with van der Waals surface area (Å²) in [6.07, 6.45) is 1.71. The van der Waals surface area contributed by atoms with Crippen molar-refractivity contribution in [2.24, 2.45) is 5.10 Å². The van der Waals surface area contributed by atoms with Gasteiger partial charge < -0.3 is 0 Å². The fourth-order valence-corrected chi connectivity index (χ4v) is 2.09. The molecule has 17 heavy (non-hydrogen) atoms. The van der Waals surface area contributed by atoms with Crippen LogP contribution in [0.5, 0.6) is 0 Å². The Bertz CT molecular complexity index is 600. The quantitative estimate of drug-likeness (QED) is 0.643. The molecule has 2 N–H and O–H groups in total. The Morgan fingerprint density at radius 3 is 3.00 bits per heavy atom. The van der Waals surface area contributed by atoms with Gasteiger partial charge in [-0.3, -0.25) is 9.78 Å². The minimum Gasteiger partial charge on any atom is -0.291 e. The lowest BCUT2D eigenvalue weighted by molar-refractivity contribution is 1.04. The Morgan fingerprint density at radius 2 is 2.35 bits per heavy atom. The standard InChI is InChI=1S/C11H12N4OS/c1-7-3-4-17-9(7)6-12-15-11-13-8(2)5-10(16)14-11/h3-6H,1-2H3,(H2,13,14,15,16)/b12-6-. The van der Waals surface area contributed by atoms with Crippen LogP contribution in [-0.2, 0) is 0 Å². The highest BCUT2D eigenvalue weighted by atomic mass is 32.1. The summed E-state index contributed by atoms with van der Waals surface area (Å²) >= 11 is 1.61. The minimum absolute atomic E-state index is 0.192. The summed E-state index contributed by atoms with van der Waals surface area (Å²) in [7, 11) is 0. The van der Waals surface area contributed by atoms with Crippen molar-refractivity contribution in [2.75, 3.05) is 5.43 Å². The van der Waals surface area contributed by atoms with Crippen molar-refractivity contribution in [3.8, 4) is 0 Å². The second kappa shape index (κ2) is 4.92. The number of anilines is 1. The third-order valence-corrected chi connectivity index (χ3v) is 3.08. The molecule has 0 saturated carbocycles. The van der Waals surface area contributed by atoms with Crippen LogP contribution >= 0.6 is 11.3 Å². The molecular weight excluding hydrogens is 236 g/mol. The fraction of sp³-hybridized carbons (Fsp3) is 0.182. The Labute approximate surface area is 102 Å². The maximum absolute atomic E-state index is 11.2. The third kappa shape index (κ3) is 3.01. The van der Waals surface area contributed by atoms with Gasteiger partial charge in [0, 0.05) is 16.6 Å². The summed E-state index contributed by atoms with van der Waals surface area (Å²) in [5.74, 6) is 0.348. The van der Waals surface area contributed by atoms with Gasteiger partial charge in [0.1, 0.15) is 0 Å². The number of hydrogen-bond donors (Lipinski definition) is 2. The number of nitrogens with one attached hydrogen (secondary N) is 2. The summed E-state index contributed by atoms with van der Waals surface area (Å²) in [4.78, 5) is 18.9. The number of nitrogens with zero attached hydrogens (tertiary/aromatic N) is 2. The molecule has 0 atom stereocenters. The van der Waals surface area contributed by atoms with Crippen LogP contribution in [0.1, 0.15) is 16.1 Å². The number of rotatable bonds is 3. The van der Waals surface area contributed by atoms with Crippen molar-refractivity contribution in [3.05, 3.63) is 44.0 Å². The monoisotopic (exact) mass is 248 g/mol. The van der Waals surface area contributed by atoms with Crippen LogP contribution in [0.2, 0.25) is 0 Å². The molecule has 0 radical (unpaired) electrons. The molecule has 6 heteroatoms. The van der Waals surface area contributed by atoms with Crippen LogP contribution in [-0.4, -0.2) is 16.2 Å².